The summed E-state index contributed by atoms with van der Waals surface area (Å²) in [4.78, 5) is 40.2. The Morgan fingerprint density at radius 2 is 1.97 bits per heavy atom. The van der Waals surface area contributed by atoms with Gasteiger partial charge in [0.15, 0.2) is 17.3 Å². The SMILES string of the molecule is CN1CCC[C@H]1C(=O)N1CCN(c2ccncc2NC(=O)c2c(N)nn3cc(F)cnc23)CC1. The van der Waals surface area contributed by atoms with E-state index in [0.29, 0.717) is 31.9 Å². The first kappa shape index (κ1) is 22.0. The highest BCUT2D eigenvalue weighted by Gasteiger charge is 2.33. The molecule has 0 unspecified atom stereocenters. The third-order valence-electron chi connectivity index (χ3n) is 6.48. The van der Waals surface area contributed by atoms with E-state index < -0.39 is 11.7 Å². The lowest BCUT2D eigenvalue weighted by Gasteiger charge is -2.38. The average Bonchev–Trinajstić information content (AvgIpc) is 3.40. The maximum Gasteiger partial charge on any atom is 0.263 e. The lowest BCUT2D eigenvalue weighted by Crippen LogP contribution is -2.53. The van der Waals surface area contributed by atoms with Crippen LogP contribution in [0.1, 0.15) is 23.2 Å². The zero-order valence-electron chi connectivity index (χ0n) is 18.8. The van der Waals surface area contributed by atoms with Crippen LogP contribution in [0.4, 0.5) is 21.6 Å². The Morgan fingerprint density at radius 3 is 2.71 bits per heavy atom. The summed E-state index contributed by atoms with van der Waals surface area (Å²) >= 11 is 0. The Bertz CT molecular complexity index is 1240. The number of hydrogen-bond acceptors (Lipinski definition) is 8. The molecule has 2 aliphatic heterocycles. The van der Waals surface area contributed by atoms with Crippen LogP contribution >= 0.6 is 0 Å². The molecule has 3 N–H and O–H groups in total. The highest BCUT2D eigenvalue weighted by molar-refractivity contribution is 6.12. The summed E-state index contributed by atoms with van der Waals surface area (Å²) in [6, 6.07) is 1.80. The molecule has 0 bridgehead atoms. The molecule has 0 aliphatic carbocycles. The van der Waals surface area contributed by atoms with Gasteiger partial charge in [-0.2, -0.15) is 0 Å². The Labute approximate surface area is 195 Å². The van der Waals surface area contributed by atoms with Crippen LogP contribution in [0.15, 0.2) is 30.9 Å². The zero-order valence-corrected chi connectivity index (χ0v) is 18.8. The predicted octanol–water partition coefficient (Wildman–Crippen LogP) is 0.841. The monoisotopic (exact) mass is 467 g/mol. The lowest BCUT2D eigenvalue weighted by atomic mass is 10.1. The molecule has 5 heterocycles. The molecule has 0 radical (unpaired) electrons. The second-order valence-electron chi connectivity index (χ2n) is 8.60. The molecular formula is C22H26FN9O2. The van der Waals surface area contributed by atoms with E-state index in [2.05, 4.69) is 30.2 Å². The minimum Gasteiger partial charge on any atom is -0.381 e. The number of anilines is 3. The van der Waals surface area contributed by atoms with Crippen LogP contribution in [0.25, 0.3) is 5.65 Å². The van der Waals surface area contributed by atoms with Crippen LogP contribution in [-0.2, 0) is 4.79 Å². The van der Waals surface area contributed by atoms with Crippen LogP contribution in [0, 0.1) is 5.82 Å². The van der Waals surface area contributed by atoms with Gasteiger partial charge in [0.25, 0.3) is 5.91 Å². The number of pyridine rings is 1. The van der Waals surface area contributed by atoms with E-state index in [1.807, 2.05) is 18.0 Å². The molecule has 3 aromatic heterocycles. The number of likely N-dealkylation sites (N-methyl/N-ethyl adjacent to an activating group) is 1. The van der Waals surface area contributed by atoms with Gasteiger partial charge in [-0.25, -0.2) is 13.9 Å². The highest BCUT2D eigenvalue weighted by Crippen LogP contribution is 2.28. The van der Waals surface area contributed by atoms with E-state index in [-0.39, 0.29) is 29.0 Å². The number of amides is 2. The summed E-state index contributed by atoms with van der Waals surface area (Å²) in [7, 11) is 2.00. The van der Waals surface area contributed by atoms with Gasteiger partial charge in [0.1, 0.15) is 5.56 Å². The summed E-state index contributed by atoms with van der Waals surface area (Å²) in [6.45, 7) is 3.44. The number of nitrogens with one attached hydrogen (secondary N) is 1. The number of likely N-dealkylation sites (tertiary alicyclic amines) is 1. The minimum absolute atomic E-state index is 0.0271. The molecule has 12 heteroatoms. The molecule has 1 atom stereocenters. The summed E-state index contributed by atoms with van der Waals surface area (Å²) < 4.78 is 14.6. The molecule has 2 fully saturated rings. The van der Waals surface area contributed by atoms with Gasteiger partial charge in [0.05, 0.1) is 36.0 Å². The van der Waals surface area contributed by atoms with Gasteiger partial charge in [0.2, 0.25) is 5.91 Å². The number of hydrogen-bond donors (Lipinski definition) is 2. The highest BCUT2D eigenvalue weighted by atomic mass is 19.1. The van der Waals surface area contributed by atoms with Crippen molar-refractivity contribution in [2.24, 2.45) is 0 Å². The van der Waals surface area contributed by atoms with Crippen LogP contribution in [0.3, 0.4) is 0 Å². The van der Waals surface area contributed by atoms with Crippen molar-refractivity contribution in [1.29, 1.82) is 0 Å². The van der Waals surface area contributed by atoms with Gasteiger partial charge in [-0.3, -0.25) is 19.5 Å². The number of rotatable bonds is 4. The number of aromatic nitrogens is 4. The van der Waals surface area contributed by atoms with Crippen molar-refractivity contribution in [2.45, 2.75) is 18.9 Å². The molecule has 2 saturated heterocycles. The van der Waals surface area contributed by atoms with Gasteiger partial charge >= 0.3 is 0 Å². The van der Waals surface area contributed by atoms with Crippen molar-refractivity contribution in [3.8, 4) is 0 Å². The lowest BCUT2D eigenvalue weighted by molar-refractivity contribution is -0.135. The van der Waals surface area contributed by atoms with E-state index in [0.717, 1.165) is 42.0 Å². The number of carbonyl (C=O) groups excluding carboxylic acids is 2. The molecule has 2 aliphatic rings. The van der Waals surface area contributed by atoms with Crippen LogP contribution in [0.5, 0.6) is 0 Å². The summed E-state index contributed by atoms with van der Waals surface area (Å²) in [5.74, 6) is -0.965. The van der Waals surface area contributed by atoms with Crippen molar-refractivity contribution >= 4 is 34.7 Å². The first-order chi connectivity index (χ1) is 16.4. The Balaban J connectivity index is 1.31. The maximum atomic E-state index is 13.5. The topological polar surface area (TPSA) is 125 Å². The fraction of sp³-hybridized carbons (Fsp3) is 0.409. The molecule has 11 nitrogen and oxygen atoms in total. The third-order valence-corrected chi connectivity index (χ3v) is 6.48. The van der Waals surface area contributed by atoms with Gasteiger partial charge in [0, 0.05) is 32.4 Å². The molecule has 178 valence electrons. The van der Waals surface area contributed by atoms with E-state index in [1.165, 1.54) is 0 Å². The molecule has 2 amide bonds. The fourth-order valence-electron chi connectivity index (χ4n) is 4.69. The summed E-state index contributed by atoms with van der Waals surface area (Å²) in [6.07, 6.45) is 7.29. The van der Waals surface area contributed by atoms with Crippen molar-refractivity contribution in [2.75, 3.05) is 55.7 Å². The summed E-state index contributed by atoms with van der Waals surface area (Å²) in [5.41, 5.74) is 7.44. The third kappa shape index (κ3) is 4.00. The first-order valence-electron chi connectivity index (χ1n) is 11.2. The fourth-order valence-corrected chi connectivity index (χ4v) is 4.69. The second-order valence-corrected chi connectivity index (χ2v) is 8.60. The molecule has 0 saturated carbocycles. The van der Waals surface area contributed by atoms with Crippen molar-refractivity contribution in [1.82, 2.24) is 29.4 Å². The molecular weight excluding hydrogens is 441 g/mol. The Kier molecular flexibility index (Phi) is 5.74. The summed E-state index contributed by atoms with van der Waals surface area (Å²) in [5, 5.41) is 6.82. The van der Waals surface area contributed by atoms with E-state index in [1.54, 1.807) is 12.4 Å². The maximum absolute atomic E-state index is 13.5. The molecule has 5 rings (SSSR count). The van der Waals surface area contributed by atoms with Gasteiger partial charge < -0.3 is 20.9 Å². The number of nitrogens with two attached hydrogens (primary N) is 1. The first-order valence-corrected chi connectivity index (χ1v) is 11.2. The van der Waals surface area contributed by atoms with Crippen molar-refractivity contribution < 1.29 is 14.0 Å². The molecule has 0 aromatic carbocycles. The van der Waals surface area contributed by atoms with Crippen LogP contribution in [0.2, 0.25) is 0 Å². The largest absolute Gasteiger partial charge is 0.381 e. The molecule has 0 spiro atoms. The second kappa shape index (κ2) is 8.86. The number of nitrogen functional groups attached to an aromatic ring is 1. The quantitative estimate of drug-likeness (QED) is 0.578. The number of nitrogens with zero attached hydrogens (tertiary/aromatic N) is 7. The van der Waals surface area contributed by atoms with E-state index in [4.69, 9.17) is 5.73 Å². The number of fused-ring (bicyclic) bond motifs is 1. The van der Waals surface area contributed by atoms with Gasteiger partial charge in [-0.05, 0) is 32.5 Å². The Hall–Kier alpha value is -3.80. The van der Waals surface area contributed by atoms with Crippen LogP contribution < -0.4 is 16.0 Å². The van der Waals surface area contributed by atoms with Crippen molar-refractivity contribution in [3.63, 3.8) is 0 Å². The van der Waals surface area contributed by atoms with Crippen LogP contribution in [-0.4, -0.2) is 87.0 Å². The predicted molar refractivity (Wildman–Crippen MR) is 124 cm³/mol. The molecule has 34 heavy (non-hydrogen) atoms. The van der Waals surface area contributed by atoms with Gasteiger partial charge in [-0.1, -0.05) is 0 Å². The number of piperazine rings is 1. The van der Waals surface area contributed by atoms with Gasteiger partial charge in [-0.15, -0.1) is 5.10 Å². The minimum atomic E-state index is -0.589. The molecule has 3 aromatic rings. The van der Waals surface area contributed by atoms with Crippen molar-refractivity contribution in [3.05, 3.63) is 42.2 Å². The normalized spacial score (nSPS) is 19.1. The average molecular weight is 468 g/mol. The number of halogens is 1. The number of carbonyl (C=O) groups is 2. The van der Waals surface area contributed by atoms with E-state index >= 15 is 0 Å². The Morgan fingerprint density at radius 1 is 1.18 bits per heavy atom. The standard InChI is InChI=1S/C22H26FN9O2/c1-29-6-2-3-17(29)22(34)31-9-7-30(8-10-31)16-4-5-25-12-15(16)27-21(33)18-19(24)28-32-13-14(23)11-26-20(18)32/h4-5,11-13,17H,2-3,6-10H2,1H3,(H2,24,28)(H,27,33)/t17-/m0/s1. The van der Waals surface area contributed by atoms with E-state index in [9.17, 15) is 14.0 Å². The zero-order chi connectivity index (χ0) is 23.8. The smallest absolute Gasteiger partial charge is 0.263 e.